The summed E-state index contributed by atoms with van der Waals surface area (Å²) < 4.78 is 5.68. The molecule has 0 aliphatic heterocycles. The van der Waals surface area contributed by atoms with Crippen molar-refractivity contribution in [2.24, 2.45) is 0 Å². The highest BCUT2D eigenvalue weighted by Crippen LogP contribution is 2.08. The van der Waals surface area contributed by atoms with Crippen LogP contribution in [0.3, 0.4) is 0 Å². The van der Waals surface area contributed by atoms with Crippen LogP contribution in [0.4, 0.5) is 0 Å². The van der Waals surface area contributed by atoms with E-state index >= 15 is 0 Å². The highest BCUT2D eigenvalue weighted by atomic mass is 16.5. The van der Waals surface area contributed by atoms with Crippen LogP contribution in [0.2, 0.25) is 0 Å². The molecule has 0 aliphatic carbocycles. The molecule has 2 nitrogen and oxygen atoms in total. The van der Waals surface area contributed by atoms with Gasteiger partial charge in [0.15, 0.2) is 0 Å². The molecule has 0 amide bonds. The summed E-state index contributed by atoms with van der Waals surface area (Å²) in [5, 5.41) is 0. The number of nitrogens with zero attached hydrogens (tertiary/aromatic N) is 1. The second kappa shape index (κ2) is 9.06. The monoisotopic (exact) mass is 235 g/mol. The molecular formula is C15H25NO. The maximum Gasteiger partial charge on any atom is 0.119 e. The van der Waals surface area contributed by atoms with Crippen molar-refractivity contribution in [2.75, 3.05) is 26.2 Å². The molecule has 0 unspecified atom stereocenters. The molecule has 0 fully saturated rings. The summed E-state index contributed by atoms with van der Waals surface area (Å²) in [5.74, 6) is 0.976. The Balaban J connectivity index is 2.10. The predicted molar refractivity (Wildman–Crippen MR) is 73.6 cm³/mol. The minimum Gasteiger partial charge on any atom is -0.494 e. The SMILES string of the molecule is CCCCN(CC)CCCOc1ccccc1. The van der Waals surface area contributed by atoms with Crippen molar-refractivity contribution in [1.82, 2.24) is 4.90 Å². The summed E-state index contributed by atoms with van der Waals surface area (Å²) in [5.41, 5.74) is 0. The Bertz CT molecular complexity index is 274. The standard InChI is InChI=1S/C15H25NO/c1-3-5-12-16(4-2)13-9-14-17-15-10-7-6-8-11-15/h6-8,10-11H,3-5,9,12-14H2,1-2H3. The lowest BCUT2D eigenvalue weighted by Crippen LogP contribution is -2.26. The van der Waals surface area contributed by atoms with Crippen LogP contribution in [0.25, 0.3) is 0 Å². The molecule has 2 heteroatoms. The van der Waals surface area contributed by atoms with E-state index in [1.807, 2.05) is 30.3 Å². The van der Waals surface area contributed by atoms with E-state index < -0.39 is 0 Å². The van der Waals surface area contributed by atoms with Crippen molar-refractivity contribution in [2.45, 2.75) is 33.1 Å². The Morgan fingerprint density at radius 1 is 1.00 bits per heavy atom. The summed E-state index contributed by atoms with van der Waals surface area (Å²) in [6.07, 6.45) is 3.68. The number of ether oxygens (including phenoxy) is 1. The molecule has 96 valence electrons. The van der Waals surface area contributed by atoms with Gasteiger partial charge in [-0.1, -0.05) is 38.5 Å². The van der Waals surface area contributed by atoms with E-state index in [2.05, 4.69) is 18.7 Å². The summed E-state index contributed by atoms with van der Waals surface area (Å²) in [7, 11) is 0. The minimum atomic E-state index is 0.812. The van der Waals surface area contributed by atoms with E-state index in [1.54, 1.807) is 0 Å². The van der Waals surface area contributed by atoms with Crippen LogP contribution < -0.4 is 4.74 Å². The lowest BCUT2D eigenvalue weighted by atomic mass is 10.3. The average molecular weight is 235 g/mol. The third-order valence-electron chi connectivity index (χ3n) is 2.91. The van der Waals surface area contributed by atoms with Crippen LogP contribution in [0.5, 0.6) is 5.75 Å². The van der Waals surface area contributed by atoms with Crippen LogP contribution in [0.15, 0.2) is 30.3 Å². The first-order chi connectivity index (χ1) is 8.36. The van der Waals surface area contributed by atoms with Gasteiger partial charge in [-0.25, -0.2) is 0 Å². The van der Waals surface area contributed by atoms with Crippen molar-refractivity contribution < 1.29 is 4.74 Å². The third-order valence-corrected chi connectivity index (χ3v) is 2.91. The lowest BCUT2D eigenvalue weighted by molar-refractivity contribution is 0.239. The van der Waals surface area contributed by atoms with E-state index in [4.69, 9.17) is 4.74 Å². The molecule has 17 heavy (non-hydrogen) atoms. The van der Waals surface area contributed by atoms with E-state index in [-0.39, 0.29) is 0 Å². The fourth-order valence-electron chi connectivity index (χ4n) is 1.80. The zero-order chi connectivity index (χ0) is 12.3. The van der Waals surface area contributed by atoms with Gasteiger partial charge in [-0.2, -0.15) is 0 Å². The van der Waals surface area contributed by atoms with Crippen LogP contribution in [0, 0.1) is 0 Å². The van der Waals surface area contributed by atoms with Crippen LogP contribution >= 0.6 is 0 Å². The van der Waals surface area contributed by atoms with Crippen LogP contribution in [-0.4, -0.2) is 31.1 Å². The van der Waals surface area contributed by atoms with E-state index in [0.717, 1.165) is 31.9 Å². The molecule has 0 saturated carbocycles. The van der Waals surface area contributed by atoms with Gasteiger partial charge in [0.1, 0.15) is 5.75 Å². The molecule has 0 aromatic heterocycles. The Morgan fingerprint density at radius 2 is 1.71 bits per heavy atom. The first-order valence-corrected chi connectivity index (χ1v) is 6.77. The lowest BCUT2D eigenvalue weighted by Gasteiger charge is -2.19. The summed E-state index contributed by atoms with van der Waals surface area (Å²) in [4.78, 5) is 2.50. The number of rotatable bonds is 9. The highest BCUT2D eigenvalue weighted by Gasteiger charge is 2.01. The maximum atomic E-state index is 5.68. The van der Waals surface area contributed by atoms with E-state index in [0.29, 0.717) is 0 Å². The fourth-order valence-corrected chi connectivity index (χ4v) is 1.80. The molecule has 0 saturated heterocycles. The van der Waals surface area contributed by atoms with Crippen LogP contribution in [0.1, 0.15) is 33.1 Å². The number of unbranched alkanes of at least 4 members (excludes halogenated alkanes) is 1. The molecule has 1 aromatic rings. The smallest absolute Gasteiger partial charge is 0.119 e. The quantitative estimate of drug-likeness (QED) is 0.607. The first-order valence-electron chi connectivity index (χ1n) is 6.77. The molecule has 0 atom stereocenters. The van der Waals surface area contributed by atoms with Crippen molar-refractivity contribution in [3.05, 3.63) is 30.3 Å². The molecule has 0 spiro atoms. The van der Waals surface area contributed by atoms with Gasteiger partial charge < -0.3 is 9.64 Å². The zero-order valence-electron chi connectivity index (χ0n) is 11.2. The Kier molecular flexibility index (Phi) is 7.48. The normalized spacial score (nSPS) is 10.8. The molecule has 0 N–H and O–H groups in total. The van der Waals surface area contributed by atoms with Crippen molar-refractivity contribution in [3.63, 3.8) is 0 Å². The fraction of sp³-hybridized carbons (Fsp3) is 0.600. The molecule has 1 aromatic carbocycles. The predicted octanol–water partition coefficient (Wildman–Crippen LogP) is 3.58. The second-order valence-electron chi connectivity index (χ2n) is 4.30. The van der Waals surface area contributed by atoms with Gasteiger partial charge in [-0.3, -0.25) is 0 Å². The number of benzene rings is 1. The molecule has 0 radical (unpaired) electrons. The van der Waals surface area contributed by atoms with Gasteiger partial charge in [0.05, 0.1) is 6.61 Å². The summed E-state index contributed by atoms with van der Waals surface area (Å²) in [6.45, 7) is 8.79. The second-order valence-corrected chi connectivity index (χ2v) is 4.30. The third kappa shape index (κ3) is 6.32. The number of hydrogen-bond donors (Lipinski definition) is 0. The van der Waals surface area contributed by atoms with Gasteiger partial charge in [0.2, 0.25) is 0 Å². The zero-order valence-corrected chi connectivity index (χ0v) is 11.2. The van der Waals surface area contributed by atoms with Crippen molar-refractivity contribution in [3.8, 4) is 5.75 Å². The Morgan fingerprint density at radius 3 is 2.35 bits per heavy atom. The Labute approximate surface area is 106 Å². The number of para-hydroxylation sites is 1. The molecule has 0 bridgehead atoms. The highest BCUT2D eigenvalue weighted by molar-refractivity contribution is 5.20. The van der Waals surface area contributed by atoms with E-state index in [1.165, 1.54) is 19.4 Å². The summed E-state index contributed by atoms with van der Waals surface area (Å²) >= 11 is 0. The van der Waals surface area contributed by atoms with Crippen LogP contribution in [-0.2, 0) is 0 Å². The van der Waals surface area contributed by atoms with Crippen molar-refractivity contribution in [1.29, 1.82) is 0 Å². The average Bonchev–Trinajstić information content (AvgIpc) is 2.39. The summed E-state index contributed by atoms with van der Waals surface area (Å²) in [6, 6.07) is 10.0. The topological polar surface area (TPSA) is 12.5 Å². The van der Waals surface area contributed by atoms with Gasteiger partial charge in [0, 0.05) is 6.54 Å². The molecule has 0 aliphatic rings. The Hall–Kier alpha value is -1.02. The largest absolute Gasteiger partial charge is 0.494 e. The van der Waals surface area contributed by atoms with E-state index in [9.17, 15) is 0 Å². The van der Waals surface area contributed by atoms with Gasteiger partial charge in [-0.05, 0) is 38.1 Å². The van der Waals surface area contributed by atoms with Gasteiger partial charge in [0.25, 0.3) is 0 Å². The maximum absolute atomic E-state index is 5.68. The number of hydrogen-bond acceptors (Lipinski definition) is 2. The van der Waals surface area contributed by atoms with Crippen molar-refractivity contribution >= 4 is 0 Å². The molecular weight excluding hydrogens is 210 g/mol. The first kappa shape index (κ1) is 14.0. The minimum absolute atomic E-state index is 0.812. The molecule has 1 rings (SSSR count). The van der Waals surface area contributed by atoms with Gasteiger partial charge >= 0.3 is 0 Å². The van der Waals surface area contributed by atoms with Gasteiger partial charge in [-0.15, -0.1) is 0 Å². The molecule has 0 heterocycles.